The van der Waals surface area contributed by atoms with Crippen LogP contribution in [0.3, 0.4) is 0 Å². The number of rotatable bonds is 18. The zero-order valence-electron chi connectivity index (χ0n) is 21.6. The molecule has 1 rings (SSSR count). The summed E-state index contributed by atoms with van der Waals surface area (Å²) in [6, 6.07) is 7.70. The van der Waals surface area contributed by atoms with E-state index in [0.717, 1.165) is 62.7 Å². The highest BCUT2D eigenvalue weighted by Gasteiger charge is 2.12. The summed E-state index contributed by atoms with van der Waals surface area (Å²) in [5.41, 5.74) is 2.88. The maximum Gasteiger partial charge on any atom is 0.335 e. The number of benzene rings is 1. The summed E-state index contributed by atoms with van der Waals surface area (Å²) in [5, 5.41) is 6.52. The van der Waals surface area contributed by atoms with E-state index in [2.05, 4.69) is 24.5 Å². The van der Waals surface area contributed by atoms with Gasteiger partial charge in [0, 0.05) is 12.4 Å². The molecule has 0 bridgehead atoms. The number of para-hydroxylation sites is 2. The van der Waals surface area contributed by atoms with Crippen molar-refractivity contribution in [2.45, 2.75) is 91.9 Å². The van der Waals surface area contributed by atoms with Crippen LogP contribution in [0.1, 0.15) is 91.9 Å². The number of unbranched alkanes of at least 4 members (excludes halogenated alkanes) is 6. The Morgan fingerprint density at radius 1 is 0.676 bits per heavy atom. The smallest absolute Gasteiger partial charge is 0.335 e. The van der Waals surface area contributed by atoms with E-state index < -0.39 is 0 Å². The number of hydrogen-bond acceptors (Lipinski definition) is 6. The van der Waals surface area contributed by atoms with Crippen LogP contribution in [0, 0.1) is 0 Å². The highest BCUT2D eigenvalue weighted by Crippen LogP contribution is 2.23. The lowest BCUT2D eigenvalue weighted by molar-refractivity contribution is -0.139. The highest BCUT2D eigenvalue weighted by molar-refractivity contribution is 5.90. The van der Waals surface area contributed by atoms with E-state index in [9.17, 15) is 9.59 Å². The van der Waals surface area contributed by atoms with Gasteiger partial charge in [0.25, 0.3) is 0 Å². The van der Waals surface area contributed by atoms with Crippen molar-refractivity contribution in [1.82, 2.24) is 0 Å². The Balaban J connectivity index is 2.97. The molecule has 0 aliphatic heterocycles. The Bertz CT molecular complexity index is 721. The van der Waals surface area contributed by atoms with Gasteiger partial charge in [-0.1, -0.05) is 64.5 Å². The summed E-state index contributed by atoms with van der Waals surface area (Å²) in [6.07, 6.45) is 13.5. The van der Waals surface area contributed by atoms with Crippen LogP contribution in [-0.4, -0.2) is 25.2 Å². The molecule has 6 nitrogen and oxygen atoms in total. The van der Waals surface area contributed by atoms with Crippen LogP contribution in [0.4, 0.5) is 11.4 Å². The second-order valence-corrected chi connectivity index (χ2v) is 8.24. The monoisotopic (exact) mass is 472 g/mol. The number of nitrogens with one attached hydrogen (secondary N) is 2. The van der Waals surface area contributed by atoms with E-state index in [1.165, 1.54) is 0 Å². The van der Waals surface area contributed by atoms with Gasteiger partial charge in [0.2, 0.25) is 0 Å². The van der Waals surface area contributed by atoms with Crippen molar-refractivity contribution in [2.75, 3.05) is 23.8 Å². The third kappa shape index (κ3) is 11.9. The van der Waals surface area contributed by atoms with Crippen LogP contribution >= 0.6 is 0 Å². The van der Waals surface area contributed by atoms with Gasteiger partial charge in [0.05, 0.1) is 35.7 Å². The number of esters is 2. The summed E-state index contributed by atoms with van der Waals surface area (Å²) in [6.45, 7) is 8.66. The Hall–Kier alpha value is -2.76. The Labute approximate surface area is 206 Å². The van der Waals surface area contributed by atoms with Gasteiger partial charge in [-0.15, -0.1) is 0 Å². The molecule has 0 atom stereocenters. The molecule has 0 saturated carbocycles. The molecule has 0 radical (unpaired) electrons. The predicted molar refractivity (Wildman–Crippen MR) is 141 cm³/mol. The first kappa shape index (κ1) is 29.3. The zero-order valence-corrected chi connectivity index (χ0v) is 21.6. The average Bonchev–Trinajstić information content (AvgIpc) is 2.84. The molecule has 6 heteroatoms. The van der Waals surface area contributed by atoms with Crippen LogP contribution in [-0.2, 0) is 19.1 Å². The van der Waals surface area contributed by atoms with Gasteiger partial charge in [-0.25, -0.2) is 9.59 Å². The van der Waals surface area contributed by atoms with Gasteiger partial charge in [0.1, 0.15) is 0 Å². The molecule has 0 aliphatic carbocycles. The average molecular weight is 473 g/mol. The first-order valence-electron chi connectivity index (χ1n) is 12.9. The van der Waals surface area contributed by atoms with Crippen LogP contribution < -0.4 is 10.6 Å². The van der Waals surface area contributed by atoms with Crippen molar-refractivity contribution in [3.63, 3.8) is 0 Å². The number of anilines is 2. The quantitative estimate of drug-likeness (QED) is 0.132. The van der Waals surface area contributed by atoms with Gasteiger partial charge in [0.15, 0.2) is 0 Å². The second kappa shape index (κ2) is 18.6. The van der Waals surface area contributed by atoms with Gasteiger partial charge >= 0.3 is 11.9 Å². The van der Waals surface area contributed by atoms with Crippen molar-refractivity contribution < 1.29 is 19.1 Å². The Morgan fingerprint density at radius 2 is 1.09 bits per heavy atom. The summed E-state index contributed by atoms with van der Waals surface area (Å²) >= 11 is 0. The molecule has 0 fully saturated rings. The highest BCUT2D eigenvalue weighted by atomic mass is 16.5. The fraction of sp³-hybridized carbons (Fsp3) is 0.571. The van der Waals surface area contributed by atoms with E-state index in [0.29, 0.717) is 37.2 Å². The minimum Gasteiger partial charge on any atom is -0.463 e. The molecular weight excluding hydrogens is 428 g/mol. The molecule has 0 saturated heterocycles. The van der Waals surface area contributed by atoms with Crippen molar-refractivity contribution in [2.24, 2.45) is 0 Å². The van der Waals surface area contributed by atoms with Crippen molar-refractivity contribution in [3.8, 4) is 0 Å². The number of carbonyl (C=O) groups is 2. The van der Waals surface area contributed by atoms with Gasteiger partial charge < -0.3 is 20.1 Å². The lowest BCUT2D eigenvalue weighted by Crippen LogP contribution is -2.11. The molecule has 34 heavy (non-hydrogen) atoms. The van der Waals surface area contributed by atoms with E-state index in [-0.39, 0.29) is 11.9 Å². The summed E-state index contributed by atoms with van der Waals surface area (Å²) in [5.74, 6) is -0.568. The number of ether oxygens (including phenoxy) is 2. The second-order valence-electron chi connectivity index (χ2n) is 8.24. The standard InChI is InChI=1S/C28H44N2O4/c1-5-9-11-13-17-23(27(31)33-7-3)21-29-25-19-15-16-20-26(25)30-22-24(28(32)34-8-4)18-14-12-10-6-2/h15-16,19-22,29-30H,5-14,17-18H2,1-4H3/b23-21-,24-22+. The van der Waals surface area contributed by atoms with Crippen molar-refractivity contribution in [3.05, 3.63) is 47.8 Å². The zero-order chi connectivity index (χ0) is 25.0. The van der Waals surface area contributed by atoms with E-state index in [1.54, 1.807) is 12.4 Å². The molecule has 0 aromatic heterocycles. The lowest BCUT2D eigenvalue weighted by atomic mass is 10.1. The molecule has 0 spiro atoms. The molecule has 0 heterocycles. The van der Waals surface area contributed by atoms with Crippen molar-refractivity contribution >= 4 is 23.3 Å². The first-order chi connectivity index (χ1) is 16.6. The number of hydrogen-bond donors (Lipinski definition) is 2. The summed E-state index contributed by atoms with van der Waals surface area (Å²) in [4.78, 5) is 24.8. The minimum atomic E-state index is -0.284. The van der Waals surface area contributed by atoms with Gasteiger partial charge in [-0.3, -0.25) is 0 Å². The summed E-state index contributed by atoms with van der Waals surface area (Å²) < 4.78 is 10.5. The molecule has 190 valence electrons. The third-order valence-electron chi connectivity index (χ3n) is 5.41. The fourth-order valence-electron chi connectivity index (χ4n) is 3.46. The minimum absolute atomic E-state index is 0.284. The molecule has 1 aromatic rings. The largest absolute Gasteiger partial charge is 0.463 e. The predicted octanol–water partition coefficient (Wildman–Crippen LogP) is 7.35. The van der Waals surface area contributed by atoms with E-state index in [1.807, 2.05) is 38.1 Å². The van der Waals surface area contributed by atoms with Crippen molar-refractivity contribution in [1.29, 1.82) is 0 Å². The Kier molecular flexibility index (Phi) is 16.1. The molecule has 2 N–H and O–H groups in total. The van der Waals surface area contributed by atoms with Crippen LogP contribution in [0.2, 0.25) is 0 Å². The lowest BCUT2D eigenvalue weighted by Gasteiger charge is -2.13. The van der Waals surface area contributed by atoms with Gasteiger partial charge in [-0.05, 0) is 51.7 Å². The molecule has 0 aliphatic rings. The molecule has 0 amide bonds. The van der Waals surface area contributed by atoms with E-state index >= 15 is 0 Å². The fourth-order valence-corrected chi connectivity index (χ4v) is 3.46. The SMILES string of the molecule is CCCCCC/C(=C/Nc1ccccc1N/C=C(\CCCCCC)C(=O)OCC)C(=O)OCC. The molecule has 1 aromatic carbocycles. The molecular formula is C28H44N2O4. The summed E-state index contributed by atoms with van der Waals surface area (Å²) in [7, 11) is 0. The van der Waals surface area contributed by atoms with Gasteiger partial charge in [-0.2, -0.15) is 0 Å². The first-order valence-corrected chi connectivity index (χ1v) is 12.9. The maximum atomic E-state index is 12.4. The van der Waals surface area contributed by atoms with E-state index in [4.69, 9.17) is 9.47 Å². The normalized spacial score (nSPS) is 11.8. The van der Waals surface area contributed by atoms with Crippen LogP contribution in [0.15, 0.2) is 47.8 Å². The van der Waals surface area contributed by atoms with Crippen LogP contribution in [0.25, 0.3) is 0 Å². The topological polar surface area (TPSA) is 76.7 Å². The Morgan fingerprint density at radius 3 is 1.44 bits per heavy atom. The third-order valence-corrected chi connectivity index (χ3v) is 5.41. The van der Waals surface area contributed by atoms with Crippen LogP contribution in [0.5, 0.6) is 0 Å². The maximum absolute atomic E-state index is 12.4. The number of carbonyl (C=O) groups excluding carboxylic acids is 2. The molecule has 0 unspecified atom stereocenters.